The molecule has 0 aromatic heterocycles. The Morgan fingerprint density at radius 3 is 2.16 bits per heavy atom. The minimum Gasteiger partial charge on any atom is -0.387 e. The molecule has 2 N–H and O–H groups in total. The minimum atomic E-state index is -3.27. The van der Waals surface area contributed by atoms with E-state index in [0.29, 0.717) is 12.3 Å². The summed E-state index contributed by atoms with van der Waals surface area (Å²) in [6.07, 6.45) is -0.248. The third kappa shape index (κ3) is 5.30. The molecular formula is C14H23NO3S. The molecule has 1 unspecified atom stereocenters. The molecule has 1 aromatic carbocycles. The molecule has 19 heavy (non-hydrogen) atoms. The van der Waals surface area contributed by atoms with Gasteiger partial charge in [-0.3, -0.25) is 0 Å². The van der Waals surface area contributed by atoms with Gasteiger partial charge in [-0.2, -0.15) is 0 Å². The number of aliphatic hydroxyl groups is 1. The van der Waals surface area contributed by atoms with Crippen LogP contribution in [0.4, 0.5) is 0 Å². The normalized spacial score (nSPS) is 13.7. The average molecular weight is 285 g/mol. The van der Waals surface area contributed by atoms with E-state index < -0.39 is 16.1 Å². The van der Waals surface area contributed by atoms with Crippen LogP contribution < -0.4 is 4.72 Å². The Bertz CT molecular complexity index is 480. The second-order valence-electron chi connectivity index (χ2n) is 5.00. The largest absolute Gasteiger partial charge is 0.387 e. The topological polar surface area (TPSA) is 66.4 Å². The van der Waals surface area contributed by atoms with Gasteiger partial charge >= 0.3 is 0 Å². The first kappa shape index (κ1) is 16.1. The molecule has 1 aromatic rings. The van der Waals surface area contributed by atoms with Gasteiger partial charge in [-0.25, -0.2) is 13.1 Å². The molecule has 0 aliphatic heterocycles. The number of benzene rings is 1. The predicted molar refractivity (Wildman–Crippen MR) is 77.6 cm³/mol. The van der Waals surface area contributed by atoms with Crippen LogP contribution in [-0.4, -0.2) is 25.8 Å². The zero-order valence-corrected chi connectivity index (χ0v) is 12.6. The Labute approximate surface area is 115 Å². The molecule has 4 nitrogen and oxygen atoms in total. The first-order valence-corrected chi connectivity index (χ1v) is 8.26. The molecule has 0 bridgehead atoms. The molecule has 0 aliphatic carbocycles. The number of rotatable bonds is 7. The molecule has 1 rings (SSSR count). The van der Waals surface area contributed by atoms with Gasteiger partial charge in [0.05, 0.1) is 11.9 Å². The summed E-state index contributed by atoms with van der Waals surface area (Å²) in [5, 5.41) is 9.95. The highest BCUT2D eigenvalue weighted by Crippen LogP contribution is 2.18. The van der Waals surface area contributed by atoms with Gasteiger partial charge in [0.15, 0.2) is 0 Å². The Hall–Kier alpha value is -0.910. The smallest absolute Gasteiger partial charge is 0.211 e. The summed E-state index contributed by atoms with van der Waals surface area (Å²) < 4.78 is 25.4. The van der Waals surface area contributed by atoms with Gasteiger partial charge in [-0.15, -0.1) is 0 Å². The molecular weight excluding hydrogens is 262 g/mol. The van der Waals surface area contributed by atoms with Crippen LogP contribution in [0.15, 0.2) is 24.3 Å². The van der Waals surface area contributed by atoms with E-state index in [1.165, 1.54) is 5.56 Å². The van der Waals surface area contributed by atoms with Crippen molar-refractivity contribution in [3.8, 4) is 0 Å². The first-order chi connectivity index (χ1) is 8.85. The van der Waals surface area contributed by atoms with Gasteiger partial charge in [0.2, 0.25) is 10.0 Å². The van der Waals surface area contributed by atoms with E-state index in [-0.39, 0.29) is 12.3 Å². The quantitative estimate of drug-likeness (QED) is 0.807. The molecule has 5 heteroatoms. The molecule has 0 heterocycles. The zero-order valence-electron chi connectivity index (χ0n) is 11.8. The SMILES string of the molecule is CCCS(=O)(=O)NCC(O)c1ccc(C(C)C)cc1. The number of hydrogen-bond donors (Lipinski definition) is 2. The fraction of sp³-hybridized carbons (Fsp3) is 0.571. The maximum Gasteiger partial charge on any atom is 0.211 e. The summed E-state index contributed by atoms with van der Waals surface area (Å²) in [5.74, 6) is 0.528. The van der Waals surface area contributed by atoms with Gasteiger partial charge in [-0.1, -0.05) is 45.0 Å². The second kappa shape index (κ2) is 7.03. The summed E-state index contributed by atoms with van der Waals surface area (Å²) in [7, 11) is -3.27. The lowest BCUT2D eigenvalue weighted by Gasteiger charge is -2.13. The Kier molecular flexibility index (Phi) is 5.97. The van der Waals surface area contributed by atoms with Crippen LogP contribution in [-0.2, 0) is 10.0 Å². The predicted octanol–water partition coefficient (Wildman–Crippen LogP) is 2.17. The van der Waals surface area contributed by atoms with Gasteiger partial charge in [0, 0.05) is 6.54 Å². The molecule has 1 atom stereocenters. The number of sulfonamides is 1. The monoisotopic (exact) mass is 285 g/mol. The highest BCUT2D eigenvalue weighted by Gasteiger charge is 2.13. The lowest BCUT2D eigenvalue weighted by molar-refractivity contribution is 0.182. The highest BCUT2D eigenvalue weighted by atomic mass is 32.2. The number of aliphatic hydroxyl groups excluding tert-OH is 1. The van der Waals surface area contributed by atoms with Crippen LogP contribution in [0, 0.1) is 0 Å². The maximum atomic E-state index is 11.5. The molecule has 0 aliphatic rings. The van der Waals surface area contributed by atoms with Crippen molar-refractivity contribution in [3.05, 3.63) is 35.4 Å². The molecule has 0 fully saturated rings. The van der Waals surface area contributed by atoms with Crippen LogP contribution >= 0.6 is 0 Å². The Morgan fingerprint density at radius 2 is 1.68 bits per heavy atom. The summed E-state index contributed by atoms with van der Waals surface area (Å²) in [5.41, 5.74) is 1.92. The van der Waals surface area contributed by atoms with Crippen molar-refractivity contribution in [1.82, 2.24) is 4.72 Å². The van der Waals surface area contributed by atoms with E-state index in [4.69, 9.17) is 0 Å². The second-order valence-corrected chi connectivity index (χ2v) is 6.93. The third-order valence-electron chi connectivity index (χ3n) is 2.96. The summed E-state index contributed by atoms with van der Waals surface area (Å²) in [6.45, 7) is 6.03. The molecule has 0 saturated carbocycles. The fourth-order valence-electron chi connectivity index (χ4n) is 1.77. The Morgan fingerprint density at radius 1 is 1.16 bits per heavy atom. The molecule has 0 amide bonds. The Balaban J connectivity index is 2.61. The summed E-state index contributed by atoms with van der Waals surface area (Å²) in [4.78, 5) is 0. The lowest BCUT2D eigenvalue weighted by Crippen LogP contribution is -2.30. The van der Waals surface area contributed by atoms with Crippen LogP contribution in [0.25, 0.3) is 0 Å². The van der Waals surface area contributed by atoms with Crippen LogP contribution in [0.5, 0.6) is 0 Å². The maximum absolute atomic E-state index is 11.5. The van der Waals surface area contributed by atoms with Crippen molar-refractivity contribution >= 4 is 10.0 Å². The van der Waals surface area contributed by atoms with Gasteiger partial charge in [0.25, 0.3) is 0 Å². The van der Waals surface area contributed by atoms with Crippen molar-refractivity contribution < 1.29 is 13.5 Å². The standard InChI is InChI=1S/C14H23NO3S/c1-4-9-19(17,18)15-10-14(16)13-7-5-12(6-8-13)11(2)3/h5-8,11,14-16H,4,9-10H2,1-3H3. The minimum absolute atomic E-state index is 0.0172. The number of hydrogen-bond acceptors (Lipinski definition) is 3. The van der Waals surface area contributed by atoms with Crippen molar-refractivity contribution in [2.24, 2.45) is 0 Å². The van der Waals surface area contributed by atoms with E-state index in [9.17, 15) is 13.5 Å². The van der Waals surface area contributed by atoms with Gasteiger partial charge in [-0.05, 0) is 23.5 Å². The van der Waals surface area contributed by atoms with E-state index in [1.807, 2.05) is 24.3 Å². The first-order valence-electron chi connectivity index (χ1n) is 6.61. The van der Waals surface area contributed by atoms with E-state index >= 15 is 0 Å². The zero-order chi connectivity index (χ0) is 14.5. The third-order valence-corrected chi connectivity index (χ3v) is 4.51. The molecule has 0 spiro atoms. The van der Waals surface area contributed by atoms with Crippen LogP contribution in [0.1, 0.15) is 50.3 Å². The van der Waals surface area contributed by atoms with Crippen LogP contribution in [0.2, 0.25) is 0 Å². The molecule has 108 valence electrons. The van der Waals surface area contributed by atoms with Gasteiger partial charge in [0.1, 0.15) is 0 Å². The van der Waals surface area contributed by atoms with E-state index in [1.54, 1.807) is 6.92 Å². The van der Waals surface area contributed by atoms with E-state index in [2.05, 4.69) is 18.6 Å². The lowest BCUT2D eigenvalue weighted by atomic mass is 10.00. The number of nitrogens with one attached hydrogen (secondary N) is 1. The fourth-order valence-corrected chi connectivity index (χ4v) is 2.86. The van der Waals surface area contributed by atoms with E-state index in [0.717, 1.165) is 5.56 Å². The van der Waals surface area contributed by atoms with Crippen molar-refractivity contribution in [2.75, 3.05) is 12.3 Å². The van der Waals surface area contributed by atoms with Crippen LogP contribution in [0.3, 0.4) is 0 Å². The summed E-state index contributed by atoms with van der Waals surface area (Å²) >= 11 is 0. The molecule has 0 radical (unpaired) electrons. The highest BCUT2D eigenvalue weighted by molar-refractivity contribution is 7.89. The van der Waals surface area contributed by atoms with Crippen molar-refractivity contribution in [2.45, 2.75) is 39.2 Å². The van der Waals surface area contributed by atoms with Gasteiger partial charge < -0.3 is 5.11 Å². The molecule has 0 saturated heterocycles. The average Bonchev–Trinajstić information content (AvgIpc) is 2.36. The van der Waals surface area contributed by atoms with Crippen molar-refractivity contribution in [3.63, 3.8) is 0 Å². The van der Waals surface area contributed by atoms with Crippen molar-refractivity contribution in [1.29, 1.82) is 0 Å². The summed E-state index contributed by atoms with van der Waals surface area (Å²) in [6, 6.07) is 7.61.